The van der Waals surface area contributed by atoms with Crippen molar-refractivity contribution >= 4 is 110 Å². The van der Waals surface area contributed by atoms with Gasteiger partial charge in [-0.3, -0.25) is 48.3 Å². The normalized spacial score (nSPS) is 13.4. The van der Waals surface area contributed by atoms with Gasteiger partial charge in [-0.05, 0) is 365 Å². The molecule has 10 heterocycles. The van der Waals surface area contributed by atoms with Crippen LogP contribution in [0.2, 0.25) is 0 Å². The highest BCUT2D eigenvalue weighted by Gasteiger charge is 2.27. The zero-order chi connectivity index (χ0) is 104. The van der Waals surface area contributed by atoms with E-state index in [1.807, 2.05) is 254 Å². The number of carbonyl (C=O) groups excluding carboxylic acids is 7. The van der Waals surface area contributed by atoms with Gasteiger partial charge >= 0.3 is 0 Å². The molecule has 0 radical (unpaired) electrons. The molecule has 6 aromatic heterocycles. The number of amides is 4. The molecule has 4 fully saturated rings. The molecule has 0 aliphatic carbocycles. The zero-order valence-electron chi connectivity index (χ0n) is 85.4. The summed E-state index contributed by atoms with van der Waals surface area (Å²) in [5, 5.41) is 55.9. The van der Waals surface area contributed by atoms with Gasteiger partial charge in [0, 0.05) is 143 Å². The van der Waals surface area contributed by atoms with Crippen LogP contribution in [0.5, 0.6) is 23.0 Å². The molecule has 4 saturated heterocycles. The smallest absolute Gasteiger partial charge is 0.253 e. The third kappa shape index (κ3) is 33.0. The summed E-state index contributed by atoms with van der Waals surface area (Å²) in [5.74, 6) is 2.71. The molecule has 4 aliphatic rings. The predicted octanol–water partition coefficient (Wildman–Crippen LogP) is 25.9. The number of likely N-dealkylation sites (tertiary alicyclic amines) is 3. The molecule has 147 heavy (non-hydrogen) atoms. The van der Waals surface area contributed by atoms with Crippen molar-refractivity contribution in [1.29, 1.82) is 0 Å². The van der Waals surface area contributed by atoms with Crippen molar-refractivity contribution in [2.45, 2.75) is 126 Å². The Bertz CT molecular complexity index is 6000. The minimum Gasteiger partial charge on any atom is -0.508 e. The maximum absolute atomic E-state index is 12.7. The number of piperidine rings is 4. The number of aldehydes is 3. The number of rotatable bonds is 29. The highest BCUT2D eigenvalue weighted by atomic mass is 32.1. The van der Waals surface area contributed by atoms with Crippen molar-refractivity contribution in [1.82, 2.24) is 39.6 Å². The Labute approximate surface area is 881 Å². The van der Waals surface area contributed by atoms with Crippen LogP contribution in [0.25, 0.3) is 22.3 Å². The molecule has 4 aliphatic heterocycles. The summed E-state index contributed by atoms with van der Waals surface area (Å²) < 4.78 is 10.1. The van der Waals surface area contributed by atoms with E-state index in [2.05, 4.69) is 95.2 Å². The van der Waals surface area contributed by atoms with Gasteiger partial charge in [0.25, 0.3) is 23.6 Å². The number of nitrogens with zero attached hydrogens (tertiary/aromatic N) is 7. The average molecular weight is 2050 g/mol. The molecule has 0 unspecified atom stereocenters. The fourth-order valence-electron chi connectivity index (χ4n) is 18.5. The van der Waals surface area contributed by atoms with Crippen LogP contribution in [-0.4, -0.2) is 202 Å². The van der Waals surface area contributed by atoms with E-state index in [0.29, 0.717) is 86.7 Å². The Balaban J connectivity index is 0.000000163. The first-order valence-electron chi connectivity index (χ1n) is 50.7. The maximum atomic E-state index is 12.7. The summed E-state index contributed by atoms with van der Waals surface area (Å²) in [6, 6.07) is 80.9. The van der Waals surface area contributed by atoms with Gasteiger partial charge in [-0.1, -0.05) is 131 Å². The number of benzene rings is 8. The van der Waals surface area contributed by atoms with Gasteiger partial charge in [-0.15, -0.1) is 22.7 Å². The lowest BCUT2D eigenvalue weighted by molar-refractivity contribution is 0.0765. The lowest BCUT2D eigenvalue weighted by Crippen LogP contribution is -2.30. The summed E-state index contributed by atoms with van der Waals surface area (Å²) in [6.45, 7) is 32.4. The summed E-state index contributed by atoms with van der Waals surface area (Å²) in [5.41, 5.74) is 23.7. The van der Waals surface area contributed by atoms with Crippen molar-refractivity contribution in [3.63, 3.8) is 0 Å². The third-order valence-electron chi connectivity index (χ3n) is 26.3. The van der Waals surface area contributed by atoms with Crippen LogP contribution < -0.4 is 5.32 Å². The molecule has 0 saturated carbocycles. The number of thiophene rings is 4. The molecule has 4 amide bonds. The van der Waals surface area contributed by atoms with Gasteiger partial charge in [0.05, 0.1) is 23.9 Å². The Hall–Kier alpha value is -14.0. The van der Waals surface area contributed by atoms with Crippen molar-refractivity contribution in [3.8, 4) is 23.0 Å². The number of phenolic OH excluding ortho intramolecular Hbond substituents is 4. The van der Waals surface area contributed by atoms with Gasteiger partial charge in [0.2, 0.25) is 0 Å². The van der Waals surface area contributed by atoms with E-state index in [1.54, 1.807) is 66.1 Å². The standard InChI is InChI=1S/C28H32N2O3.2C28H32N2O2S.C23H28N2O2.C5H4O2.2C5H4OS/c2*1-3-30(4-2)28(32)23-12-10-21(11-13-23)27(24-7-5-8-25(31)19-24)22-14-16-29(17-15-22)20-26-9-6-18-33-26;1-3-30(4-2)28(32)24-10-8-22(9-11-24)27(25-6-5-7-26(31)18-25)23-12-15-29(16-13-23)19-21-14-17-33-20-21;1-3-25(4-2)23(27)19-10-8-17(9-11-19)22(18-12-14-24-15-13-18)20-6-5-7-21(26)16-20;6-4-5-2-1-3-7-5;6-3-5-1-2-7-4-5;6-4-5-2-1-3-7-5/h2*5-13,18-19,31H,3-4,14-17,20H2,1-2H3;5-11,14,17-18,20,31H,3-4,12-13,15-16,19H2,1-2H3;5-11,16,24,26H,3-4,12-15H2,1-2H3;3*1-4H. The molecule has 0 bridgehead atoms. The van der Waals surface area contributed by atoms with E-state index in [1.165, 1.54) is 78.4 Å². The van der Waals surface area contributed by atoms with E-state index in [0.717, 1.165) is 202 Å². The van der Waals surface area contributed by atoms with E-state index in [9.17, 15) is 54.0 Å². The highest BCUT2D eigenvalue weighted by Crippen LogP contribution is 2.40. The monoisotopic (exact) mass is 2050 g/mol. The van der Waals surface area contributed by atoms with Gasteiger partial charge in [-0.25, -0.2) is 0 Å². The van der Waals surface area contributed by atoms with Crippen LogP contribution in [0.15, 0.2) is 331 Å². The fraction of sp³-hybridized carbons (Fsp3) is 0.287. The predicted molar refractivity (Wildman–Crippen MR) is 598 cm³/mol. The first-order valence-corrected chi connectivity index (χ1v) is 54.4. The second-order valence-corrected chi connectivity index (χ2v) is 39.2. The van der Waals surface area contributed by atoms with Gasteiger partial charge in [0.1, 0.15) is 28.8 Å². The number of furan rings is 2. The Morgan fingerprint density at radius 3 is 0.932 bits per heavy atom. The van der Waals surface area contributed by atoms with E-state index in [4.69, 9.17) is 4.42 Å². The van der Waals surface area contributed by atoms with E-state index in [-0.39, 0.29) is 46.6 Å². The van der Waals surface area contributed by atoms with E-state index < -0.39 is 0 Å². The molecule has 25 heteroatoms. The van der Waals surface area contributed by atoms with Crippen LogP contribution in [0.1, 0.15) is 239 Å². The number of hydrogen-bond donors (Lipinski definition) is 5. The molecule has 21 nitrogen and oxygen atoms in total. The summed E-state index contributed by atoms with van der Waals surface area (Å²) in [7, 11) is 0. The minimum atomic E-state index is 0.0596. The van der Waals surface area contributed by atoms with Crippen LogP contribution in [-0.2, 0) is 19.6 Å². The summed E-state index contributed by atoms with van der Waals surface area (Å²) >= 11 is 6.55. The first-order chi connectivity index (χ1) is 71.7. The average Bonchev–Trinajstić information content (AvgIpc) is 1.56. The molecular formula is C122H136N8O13S4. The van der Waals surface area contributed by atoms with Gasteiger partial charge in [0.15, 0.2) is 24.6 Å². The van der Waals surface area contributed by atoms with Crippen LogP contribution in [0, 0.1) is 0 Å². The largest absolute Gasteiger partial charge is 0.508 e. The lowest BCUT2D eigenvalue weighted by Gasteiger charge is -2.30. The fourth-order valence-corrected chi connectivity index (χ4v) is 21.0. The van der Waals surface area contributed by atoms with Crippen LogP contribution in [0.3, 0.4) is 0 Å². The molecule has 18 rings (SSSR count). The first kappa shape index (κ1) is 112. The quantitative estimate of drug-likeness (QED) is 0.0273. The molecule has 14 aromatic rings. The molecule has 8 aromatic carbocycles. The Kier molecular flexibility index (Phi) is 44.8. The SMILES string of the molecule is CCN(CC)C(=O)c1ccc(C(=C2CCN(Cc3ccco3)CC2)c2cccc(O)c2)cc1.CCN(CC)C(=O)c1ccc(C(=C2CCN(Cc3cccs3)CC2)c2cccc(O)c2)cc1.CCN(CC)C(=O)c1ccc(C(=C2CCN(Cc3ccsc3)CC2)c2cccc(O)c2)cc1.CCN(CC)C(=O)c1ccc(C(=C2CCNCC2)c2cccc(O)c2)cc1.O=Cc1ccco1.O=Cc1cccs1.O=Cc1ccsc1. The number of nitrogens with one attached hydrogen (secondary N) is 1. The molecule has 5 N–H and O–H groups in total. The highest BCUT2D eigenvalue weighted by molar-refractivity contribution is 7.11. The van der Waals surface area contributed by atoms with Gasteiger partial charge in [-0.2, -0.15) is 22.7 Å². The molecule has 0 atom stereocenters. The van der Waals surface area contributed by atoms with Crippen molar-refractivity contribution < 1.29 is 62.8 Å². The lowest BCUT2D eigenvalue weighted by atomic mass is 9.88. The van der Waals surface area contributed by atoms with Crippen molar-refractivity contribution in [2.75, 3.05) is 105 Å². The Morgan fingerprint density at radius 2 is 0.660 bits per heavy atom. The van der Waals surface area contributed by atoms with Gasteiger partial charge < -0.3 is 54.2 Å². The molecule has 766 valence electrons. The van der Waals surface area contributed by atoms with Crippen molar-refractivity contribution in [2.24, 2.45) is 0 Å². The summed E-state index contributed by atoms with van der Waals surface area (Å²) in [6.07, 6.45) is 13.4. The summed E-state index contributed by atoms with van der Waals surface area (Å²) in [4.78, 5) is 97.3. The topological polar surface area (TPSA) is 261 Å². The second-order valence-electron chi connectivity index (χ2n) is 35.6. The number of hydrogen-bond acceptors (Lipinski definition) is 21. The maximum Gasteiger partial charge on any atom is 0.253 e. The number of aromatic hydroxyl groups is 4. The van der Waals surface area contributed by atoms with E-state index >= 15 is 0 Å². The van der Waals surface area contributed by atoms with Crippen LogP contribution in [0.4, 0.5) is 0 Å². The molecular weight excluding hydrogens is 1910 g/mol. The Morgan fingerprint density at radius 1 is 0.320 bits per heavy atom. The van der Waals surface area contributed by atoms with Crippen LogP contribution >= 0.6 is 45.3 Å². The molecule has 0 spiro atoms. The van der Waals surface area contributed by atoms with Crippen molar-refractivity contribution in [3.05, 3.63) is 421 Å². The minimum absolute atomic E-state index is 0.0596. The zero-order valence-corrected chi connectivity index (χ0v) is 88.7. The third-order valence-corrected chi connectivity index (χ3v) is 29.4. The number of phenols is 4. The number of carbonyl (C=O) groups is 7. The second kappa shape index (κ2) is 59.0.